The first-order valence-corrected chi connectivity index (χ1v) is 9.37. The Bertz CT molecular complexity index is 465. The molecule has 1 N–H and O–H groups in total. The molecule has 0 saturated carbocycles. The van der Waals surface area contributed by atoms with Crippen molar-refractivity contribution in [1.82, 2.24) is 5.48 Å². The van der Waals surface area contributed by atoms with Crippen LogP contribution in [0.4, 0.5) is 0 Å². The minimum atomic E-state index is -2.58. The van der Waals surface area contributed by atoms with Crippen molar-refractivity contribution >= 4 is 23.6 Å². The molecule has 20 heavy (non-hydrogen) atoms. The molecule has 4 nitrogen and oxygen atoms in total. The van der Waals surface area contributed by atoms with Gasteiger partial charge in [-0.3, -0.25) is 4.84 Å². The van der Waals surface area contributed by atoms with Gasteiger partial charge in [0.15, 0.2) is 0 Å². The van der Waals surface area contributed by atoms with E-state index in [1.165, 1.54) is 0 Å². The number of hydroxylamine groups is 1. The summed E-state index contributed by atoms with van der Waals surface area (Å²) in [5.41, 5.74) is 2.77. The molecule has 0 bridgehead atoms. The van der Waals surface area contributed by atoms with E-state index in [-0.39, 0.29) is 0 Å². The number of hydrogen-bond donors (Lipinski definition) is 1. The minimum absolute atomic E-state index is 0.500. The first-order chi connectivity index (χ1) is 9.66. The van der Waals surface area contributed by atoms with Crippen LogP contribution in [0.3, 0.4) is 0 Å². The zero-order valence-electron chi connectivity index (χ0n) is 12.2. The fourth-order valence-electron chi connectivity index (χ4n) is 1.49. The van der Waals surface area contributed by atoms with Crippen LogP contribution in [0.15, 0.2) is 42.3 Å². The molecule has 0 amide bonds. The average Bonchev–Trinajstić information content (AvgIpc) is 2.46. The van der Waals surface area contributed by atoms with E-state index >= 15 is 0 Å². The predicted molar refractivity (Wildman–Crippen MR) is 86.2 cm³/mol. The molecule has 1 aromatic carbocycles. The van der Waals surface area contributed by atoms with Gasteiger partial charge in [0, 0.05) is 5.30 Å². The first-order valence-electron chi connectivity index (χ1n) is 6.74. The highest BCUT2D eigenvalue weighted by atomic mass is 32.5. The smallest absolute Gasteiger partial charge is 0.270 e. The molecule has 0 spiro atoms. The van der Waals surface area contributed by atoms with E-state index in [0.29, 0.717) is 19.1 Å². The maximum atomic E-state index is 5.94. The second kappa shape index (κ2) is 9.14. The second-order valence-corrected chi connectivity index (χ2v) is 7.25. The van der Waals surface area contributed by atoms with Crippen molar-refractivity contribution in [2.75, 3.05) is 13.2 Å². The summed E-state index contributed by atoms with van der Waals surface area (Å²) >= 11 is 5.64. The first kappa shape index (κ1) is 17.2. The van der Waals surface area contributed by atoms with Crippen LogP contribution in [0, 0.1) is 0 Å². The molecule has 0 radical (unpaired) electrons. The Balaban J connectivity index is 2.95. The number of hydrogen-bond acceptors (Lipinski definition) is 5. The van der Waals surface area contributed by atoms with E-state index in [4.69, 9.17) is 25.7 Å². The van der Waals surface area contributed by atoms with Crippen LogP contribution in [-0.4, -0.2) is 13.2 Å². The van der Waals surface area contributed by atoms with E-state index < -0.39 is 6.49 Å². The van der Waals surface area contributed by atoms with Gasteiger partial charge in [0.2, 0.25) is 5.88 Å². The Kier molecular flexibility index (Phi) is 7.85. The normalized spacial score (nSPS) is 14.7. The molecule has 6 heteroatoms. The number of nitrogens with one attached hydrogen (secondary N) is 1. The lowest BCUT2D eigenvalue weighted by Crippen LogP contribution is -2.19. The fraction of sp³-hybridized carbons (Fsp3) is 0.429. The zero-order valence-corrected chi connectivity index (χ0v) is 13.9. The standard InChI is InChI=1S/C14H22NO3PS/c1-4-10-14(15-16-5-2)18-19(20,17-6-3)13-11-8-7-9-12-13/h7-12,15H,4-6H2,1-3H3. The van der Waals surface area contributed by atoms with Crippen LogP contribution in [0.5, 0.6) is 0 Å². The third kappa shape index (κ3) is 5.25. The van der Waals surface area contributed by atoms with Gasteiger partial charge < -0.3 is 9.05 Å². The topological polar surface area (TPSA) is 39.7 Å². The van der Waals surface area contributed by atoms with Crippen molar-refractivity contribution in [3.63, 3.8) is 0 Å². The molecule has 0 aliphatic rings. The summed E-state index contributed by atoms with van der Waals surface area (Å²) in [5.74, 6) is 0.509. The summed E-state index contributed by atoms with van der Waals surface area (Å²) in [6, 6.07) is 9.66. The van der Waals surface area contributed by atoms with Gasteiger partial charge in [-0.15, -0.1) is 0 Å². The van der Waals surface area contributed by atoms with Crippen LogP contribution >= 0.6 is 6.49 Å². The summed E-state index contributed by atoms with van der Waals surface area (Å²) in [6.07, 6.45) is 2.70. The summed E-state index contributed by atoms with van der Waals surface area (Å²) in [7, 11) is 0. The lowest BCUT2D eigenvalue weighted by atomic mass is 10.4. The molecule has 0 heterocycles. The highest BCUT2D eigenvalue weighted by Gasteiger charge is 2.24. The summed E-state index contributed by atoms with van der Waals surface area (Å²) < 4.78 is 11.7. The third-order valence-electron chi connectivity index (χ3n) is 2.30. The van der Waals surface area contributed by atoms with E-state index in [9.17, 15) is 0 Å². The van der Waals surface area contributed by atoms with E-state index in [1.54, 1.807) is 0 Å². The summed E-state index contributed by atoms with van der Waals surface area (Å²) in [5, 5.41) is 0.886. The average molecular weight is 315 g/mol. The highest BCUT2D eigenvalue weighted by molar-refractivity contribution is 8.13. The molecule has 112 valence electrons. The van der Waals surface area contributed by atoms with Gasteiger partial charge in [-0.1, -0.05) is 25.1 Å². The predicted octanol–water partition coefficient (Wildman–Crippen LogP) is 3.47. The van der Waals surface area contributed by atoms with Gasteiger partial charge in [-0.25, -0.2) is 5.48 Å². The Morgan fingerprint density at radius 1 is 1.20 bits per heavy atom. The molecular weight excluding hydrogens is 293 g/mol. The molecule has 1 atom stereocenters. The van der Waals surface area contributed by atoms with E-state index in [2.05, 4.69) is 5.48 Å². The number of rotatable bonds is 9. The van der Waals surface area contributed by atoms with Crippen LogP contribution < -0.4 is 10.8 Å². The van der Waals surface area contributed by atoms with Crippen LogP contribution in [0.1, 0.15) is 27.2 Å². The Morgan fingerprint density at radius 2 is 1.90 bits per heavy atom. The Hall–Kier alpha value is -0.870. The van der Waals surface area contributed by atoms with Gasteiger partial charge in [-0.05, 0) is 50.3 Å². The van der Waals surface area contributed by atoms with Crippen molar-refractivity contribution in [3.8, 4) is 0 Å². The molecule has 1 rings (SSSR count). The highest BCUT2D eigenvalue weighted by Crippen LogP contribution is 2.48. The summed E-state index contributed by atoms with van der Waals surface area (Å²) in [4.78, 5) is 5.18. The van der Waals surface area contributed by atoms with Gasteiger partial charge in [-0.2, -0.15) is 0 Å². The van der Waals surface area contributed by atoms with Crippen molar-refractivity contribution in [3.05, 3.63) is 42.3 Å². The monoisotopic (exact) mass is 315 g/mol. The lowest BCUT2D eigenvalue weighted by molar-refractivity contribution is 0.0457. The molecule has 0 aliphatic carbocycles. The second-order valence-electron chi connectivity index (χ2n) is 3.85. The number of allylic oxidation sites excluding steroid dienone is 1. The summed E-state index contributed by atoms with van der Waals surface area (Å²) in [6.45, 7) is 4.28. The molecule has 0 saturated heterocycles. The van der Waals surface area contributed by atoms with Gasteiger partial charge in [0.05, 0.1) is 13.2 Å². The quantitative estimate of drug-likeness (QED) is 0.429. The number of benzene rings is 1. The van der Waals surface area contributed by atoms with Gasteiger partial charge >= 0.3 is 0 Å². The van der Waals surface area contributed by atoms with Gasteiger partial charge in [0.1, 0.15) is 0 Å². The maximum absolute atomic E-state index is 5.94. The molecular formula is C14H22NO3PS. The van der Waals surface area contributed by atoms with Gasteiger partial charge in [0.25, 0.3) is 6.49 Å². The van der Waals surface area contributed by atoms with Crippen molar-refractivity contribution < 1.29 is 13.9 Å². The molecule has 1 unspecified atom stereocenters. The molecule has 0 aliphatic heterocycles. The Morgan fingerprint density at radius 3 is 2.45 bits per heavy atom. The van der Waals surface area contributed by atoms with E-state index in [0.717, 1.165) is 11.7 Å². The SMILES string of the molecule is CCC=C(NOCC)OP(=S)(OCC)c1ccccc1. The maximum Gasteiger partial charge on any atom is 0.270 e. The largest absolute Gasteiger partial charge is 0.422 e. The van der Waals surface area contributed by atoms with Crippen LogP contribution in [0.2, 0.25) is 0 Å². The lowest BCUT2D eigenvalue weighted by Gasteiger charge is -2.24. The van der Waals surface area contributed by atoms with E-state index in [1.807, 2.05) is 57.2 Å². The molecule has 1 aromatic rings. The van der Waals surface area contributed by atoms with Crippen molar-refractivity contribution in [2.24, 2.45) is 0 Å². The van der Waals surface area contributed by atoms with Crippen molar-refractivity contribution in [2.45, 2.75) is 27.2 Å². The van der Waals surface area contributed by atoms with Crippen LogP contribution in [-0.2, 0) is 25.7 Å². The van der Waals surface area contributed by atoms with Crippen LogP contribution in [0.25, 0.3) is 0 Å². The Labute approximate surface area is 126 Å². The zero-order chi connectivity index (χ0) is 14.8. The fourth-order valence-corrected chi connectivity index (χ4v) is 3.97. The third-order valence-corrected chi connectivity index (χ3v) is 5.43. The molecule has 0 fully saturated rings. The molecule has 0 aromatic heterocycles. The van der Waals surface area contributed by atoms with Crippen molar-refractivity contribution in [1.29, 1.82) is 0 Å². The minimum Gasteiger partial charge on any atom is -0.422 e.